The van der Waals surface area contributed by atoms with Gasteiger partial charge < -0.3 is 9.67 Å². The van der Waals surface area contributed by atoms with Crippen molar-refractivity contribution >= 4 is 34.9 Å². The zero-order chi connectivity index (χ0) is 18.7. The number of aliphatic imine (C=N–C) groups is 1. The minimum Gasteiger partial charge on any atom is -0.478 e. The fourth-order valence-corrected chi connectivity index (χ4v) is 3.80. The number of rotatable bonds is 5. The SMILES string of the molecule is CCN=C1SC(=Cc2cccn2-c2cccc(C(=O)O)c2)C(=O)N1CC. The van der Waals surface area contributed by atoms with E-state index in [1.165, 1.54) is 11.8 Å². The Morgan fingerprint density at radius 2 is 2.08 bits per heavy atom. The summed E-state index contributed by atoms with van der Waals surface area (Å²) in [6.07, 6.45) is 3.66. The van der Waals surface area contributed by atoms with Crippen LogP contribution in [-0.2, 0) is 4.79 Å². The monoisotopic (exact) mass is 369 g/mol. The summed E-state index contributed by atoms with van der Waals surface area (Å²) in [5, 5.41) is 9.91. The maximum atomic E-state index is 12.6. The van der Waals surface area contributed by atoms with Gasteiger partial charge in [0.15, 0.2) is 5.17 Å². The minimum absolute atomic E-state index is 0.0586. The number of aromatic carboxylic acids is 1. The highest BCUT2D eigenvalue weighted by atomic mass is 32.2. The van der Waals surface area contributed by atoms with E-state index in [0.717, 1.165) is 16.5 Å². The van der Waals surface area contributed by atoms with Crippen LogP contribution in [0.4, 0.5) is 0 Å². The van der Waals surface area contributed by atoms with E-state index in [0.29, 0.717) is 18.0 Å². The van der Waals surface area contributed by atoms with Crippen LogP contribution in [0.15, 0.2) is 52.5 Å². The van der Waals surface area contributed by atoms with Crippen molar-refractivity contribution in [3.63, 3.8) is 0 Å². The maximum Gasteiger partial charge on any atom is 0.335 e. The number of nitrogens with zero attached hydrogens (tertiary/aromatic N) is 3. The van der Waals surface area contributed by atoms with Gasteiger partial charge in [-0.05, 0) is 62.0 Å². The molecule has 1 aromatic heterocycles. The summed E-state index contributed by atoms with van der Waals surface area (Å²) in [4.78, 5) is 30.5. The van der Waals surface area contributed by atoms with Gasteiger partial charge in [0.2, 0.25) is 0 Å². The normalized spacial score (nSPS) is 17.5. The third kappa shape index (κ3) is 3.43. The molecule has 1 aliphatic heterocycles. The molecule has 1 aliphatic rings. The summed E-state index contributed by atoms with van der Waals surface area (Å²) in [5.74, 6) is -1.03. The Morgan fingerprint density at radius 3 is 2.77 bits per heavy atom. The molecule has 1 saturated heterocycles. The molecule has 1 fully saturated rings. The summed E-state index contributed by atoms with van der Waals surface area (Å²) in [7, 11) is 0. The number of thioether (sulfide) groups is 1. The van der Waals surface area contributed by atoms with E-state index in [2.05, 4.69) is 4.99 Å². The molecule has 3 rings (SSSR count). The van der Waals surface area contributed by atoms with E-state index in [1.807, 2.05) is 48.9 Å². The fourth-order valence-electron chi connectivity index (χ4n) is 2.71. The van der Waals surface area contributed by atoms with Gasteiger partial charge in [0, 0.05) is 30.7 Å². The average Bonchev–Trinajstić information content (AvgIpc) is 3.20. The lowest BCUT2D eigenvalue weighted by atomic mass is 10.2. The number of amidine groups is 1. The number of carbonyl (C=O) groups excluding carboxylic acids is 1. The van der Waals surface area contributed by atoms with Crippen molar-refractivity contribution in [1.29, 1.82) is 0 Å². The van der Waals surface area contributed by atoms with Gasteiger partial charge in [0.1, 0.15) is 0 Å². The molecule has 134 valence electrons. The molecular weight excluding hydrogens is 350 g/mol. The van der Waals surface area contributed by atoms with E-state index in [4.69, 9.17) is 0 Å². The molecule has 0 bridgehead atoms. The van der Waals surface area contributed by atoms with Crippen molar-refractivity contribution in [3.8, 4) is 5.69 Å². The molecule has 7 heteroatoms. The summed E-state index contributed by atoms with van der Waals surface area (Å²) in [6.45, 7) is 5.06. The highest BCUT2D eigenvalue weighted by molar-refractivity contribution is 8.18. The largest absolute Gasteiger partial charge is 0.478 e. The molecule has 0 aliphatic carbocycles. The second kappa shape index (κ2) is 7.61. The van der Waals surface area contributed by atoms with Crippen LogP contribution < -0.4 is 0 Å². The Bertz CT molecular complexity index is 914. The predicted molar refractivity (Wildman–Crippen MR) is 104 cm³/mol. The number of hydrogen-bond acceptors (Lipinski definition) is 4. The lowest BCUT2D eigenvalue weighted by molar-refractivity contribution is -0.122. The van der Waals surface area contributed by atoms with Gasteiger partial charge >= 0.3 is 5.97 Å². The Morgan fingerprint density at radius 1 is 1.27 bits per heavy atom. The van der Waals surface area contributed by atoms with Crippen LogP contribution in [0.5, 0.6) is 0 Å². The quantitative estimate of drug-likeness (QED) is 0.819. The van der Waals surface area contributed by atoms with Crippen LogP contribution in [0.3, 0.4) is 0 Å². The smallest absolute Gasteiger partial charge is 0.335 e. The van der Waals surface area contributed by atoms with E-state index in [9.17, 15) is 14.7 Å². The first kappa shape index (κ1) is 18.0. The number of aromatic nitrogens is 1. The number of benzene rings is 1. The van der Waals surface area contributed by atoms with E-state index in [-0.39, 0.29) is 11.5 Å². The predicted octanol–water partition coefficient (Wildman–Crippen LogP) is 3.49. The van der Waals surface area contributed by atoms with Gasteiger partial charge in [-0.25, -0.2) is 4.79 Å². The molecule has 0 unspecified atom stereocenters. The second-order valence-corrected chi connectivity index (χ2v) is 6.58. The number of carboxylic acid groups (broad SMARTS) is 1. The first-order chi connectivity index (χ1) is 12.5. The van der Waals surface area contributed by atoms with Gasteiger partial charge in [-0.15, -0.1) is 0 Å². The van der Waals surface area contributed by atoms with Gasteiger partial charge in [-0.3, -0.25) is 14.7 Å². The molecule has 2 aromatic rings. The summed E-state index contributed by atoms with van der Waals surface area (Å²) in [6, 6.07) is 10.4. The van der Waals surface area contributed by atoms with Gasteiger partial charge in [0.25, 0.3) is 5.91 Å². The lowest BCUT2D eigenvalue weighted by Gasteiger charge is -2.11. The Labute approximate surface area is 155 Å². The maximum absolute atomic E-state index is 12.6. The molecule has 0 atom stereocenters. The van der Waals surface area contributed by atoms with Crippen LogP contribution in [0, 0.1) is 0 Å². The number of carboxylic acids is 1. The number of likely N-dealkylation sites (N-methyl/N-ethyl adjacent to an activating group) is 1. The van der Waals surface area contributed by atoms with Crippen LogP contribution >= 0.6 is 11.8 Å². The Balaban J connectivity index is 1.98. The van der Waals surface area contributed by atoms with E-state index >= 15 is 0 Å². The second-order valence-electron chi connectivity index (χ2n) is 5.58. The highest BCUT2D eigenvalue weighted by Gasteiger charge is 2.32. The van der Waals surface area contributed by atoms with Crippen LogP contribution in [0.25, 0.3) is 11.8 Å². The highest BCUT2D eigenvalue weighted by Crippen LogP contribution is 2.32. The third-order valence-electron chi connectivity index (χ3n) is 3.93. The molecule has 0 radical (unpaired) electrons. The first-order valence-corrected chi connectivity index (χ1v) is 9.13. The molecular formula is C19H19N3O3S. The molecule has 26 heavy (non-hydrogen) atoms. The summed E-state index contributed by atoms with van der Waals surface area (Å²) in [5.41, 5.74) is 1.75. The van der Waals surface area contributed by atoms with Crippen molar-refractivity contribution in [2.45, 2.75) is 13.8 Å². The van der Waals surface area contributed by atoms with E-state index in [1.54, 1.807) is 23.1 Å². The van der Waals surface area contributed by atoms with Gasteiger partial charge in [-0.2, -0.15) is 0 Å². The molecule has 2 heterocycles. The molecule has 1 N–H and O–H groups in total. The molecule has 0 saturated carbocycles. The first-order valence-electron chi connectivity index (χ1n) is 8.32. The van der Waals surface area contributed by atoms with Crippen molar-refractivity contribution < 1.29 is 14.7 Å². The standard InChI is InChI=1S/C19H19N3O3S/c1-3-20-19-21(4-2)17(23)16(26-19)12-15-9-6-10-22(15)14-8-5-7-13(11-14)18(24)25/h5-12H,3-4H2,1-2H3,(H,24,25). The molecule has 1 aromatic carbocycles. The van der Waals surface area contributed by atoms with Crippen LogP contribution in [0.2, 0.25) is 0 Å². The third-order valence-corrected chi connectivity index (χ3v) is 4.97. The Hall–Kier alpha value is -2.80. The van der Waals surface area contributed by atoms with Gasteiger partial charge in [-0.1, -0.05) is 6.07 Å². The van der Waals surface area contributed by atoms with Crippen LogP contribution in [-0.4, -0.2) is 44.7 Å². The summed E-state index contributed by atoms with van der Waals surface area (Å²) >= 11 is 1.37. The summed E-state index contributed by atoms with van der Waals surface area (Å²) < 4.78 is 1.86. The molecule has 6 nitrogen and oxygen atoms in total. The zero-order valence-corrected chi connectivity index (χ0v) is 15.4. The van der Waals surface area contributed by atoms with Gasteiger partial charge in [0.05, 0.1) is 10.5 Å². The molecule has 0 spiro atoms. The lowest BCUT2D eigenvalue weighted by Crippen LogP contribution is -2.28. The minimum atomic E-state index is -0.973. The van der Waals surface area contributed by atoms with Crippen molar-refractivity contribution in [1.82, 2.24) is 9.47 Å². The Kier molecular flexibility index (Phi) is 5.27. The molecule has 1 amide bonds. The van der Waals surface area contributed by atoms with E-state index < -0.39 is 5.97 Å². The van der Waals surface area contributed by atoms with Crippen molar-refractivity contribution in [3.05, 3.63) is 58.8 Å². The topological polar surface area (TPSA) is 74.9 Å². The number of hydrogen-bond donors (Lipinski definition) is 1. The fraction of sp³-hybridized carbons (Fsp3) is 0.211. The average molecular weight is 369 g/mol. The van der Waals surface area contributed by atoms with Crippen molar-refractivity contribution in [2.75, 3.05) is 13.1 Å². The van der Waals surface area contributed by atoms with Crippen LogP contribution in [0.1, 0.15) is 29.9 Å². The number of carbonyl (C=O) groups is 2. The number of amides is 1. The zero-order valence-electron chi connectivity index (χ0n) is 14.5. The van der Waals surface area contributed by atoms with Crippen molar-refractivity contribution in [2.24, 2.45) is 4.99 Å².